The molecule has 1 aromatic carbocycles. The maximum atomic E-state index is 12.5. The molecule has 1 heterocycles. The molecule has 0 radical (unpaired) electrons. The summed E-state index contributed by atoms with van der Waals surface area (Å²) in [4.78, 5) is 15.0. The molecule has 0 aromatic heterocycles. The molecule has 1 aromatic rings. The summed E-state index contributed by atoms with van der Waals surface area (Å²) < 4.78 is 11.1. The first-order chi connectivity index (χ1) is 12.1. The Morgan fingerprint density at radius 1 is 1.24 bits per heavy atom. The highest BCUT2D eigenvalue weighted by Crippen LogP contribution is 2.24. The van der Waals surface area contributed by atoms with Crippen LogP contribution in [0.2, 0.25) is 0 Å². The molecule has 2 unspecified atom stereocenters. The highest BCUT2D eigenvalue weighted by molar-refractivity contribution is 5.90. The van der Waals surface area contributed by atoms with Crippen LogP contribution in [0.15, 0.2) is 18.2 Å². The van der Waals surface area contributed by atoms with Crippen LogP contribution in [0, 0.1) is 5.92 Å². The molecule has 1 fully saturated rings. The molecule has 0 amide bonds. The summed E-state index contributed by atoms with van der Waals surface area (Å²) in [6, 6.07) is 5.34. The van der Waals surface area contributed by atoms with E-state index in [1.165, 1.54) is 19.3 Å². The summed E-state index contributed by atoms with van der Waals surface area (Å²) in [6.45, 7) is 9.46. The molecule has 0 bridgehead atoms. The van der Waals surface area contributed by atoms with Crippen LogP contribution in [-0.4, -0.2) is 43.2 Å². The maximum absolute atomic E-state index is 12.5. The number of nitrogens with zero attached hydrogens (tertiary/aromatic N) is 1. The zero-order valence-electron chi connectivity index (χ0n) is 15.8. The van der Waals surface area contributed by atoms with E-state index in [2.05, 4.69) is 18.7 Å². The van der Waals surface area contributed by atoms with Crippen molar-refractivity contribution in [1.82, 2.24) is 4.90 Å². The van der Waals surface area contributed by atoms with E-state index in [0.717, 1.165) is 19.5 Å². The first-order valence-corrected chi connectivity index (χ1v) is 9.50. The van der Waals surface area contributed by atoms with Gasteiger partial charge in [0.1, 0.15) is 12.4 Å². The third-order valence-electron chi connectivity index (χ3n) is 5.09. The van der Waals surface area contributed by atoms with E-state index < -0.39 is 0 Å². The predicted molar refractivity (Wildman–Crippen MR) is 101 cm³/mol. The number of carbonyl (C=O) groups is 1. The molecule has 2 rings (SSSR count). The van der Waals surface area contributed by atoms with Crippen molar-refractivity contribution in [2.24, 2.45) is 5.92 Å². The molecule has 0 saturated carbocycles. The van der Waals surface area contributed by atoms with Gasteiger partial charge in [-0.2, -0.15) is 0 Å². The zero-order chi connectivity index (χ0) is 18.2. The first-order valence-electron chi connectivity index (χ1n) is 9.50. The van der Waals surface area contributed by atoms with E-state index in [-0.39, 0.29) is 12.0 Å². The standard InChI is InChI=1S/C20H32N2O3/c1-4-15(3)18(22-11-7-6-8-12-22)14-25-20(23)16-9-10-17(21)19(13-16)24-5-2/h9-10,13,15,18H,4-8,11-12,14,21H2,1-3H3. The number of esters is 1. The third-order valence-corrected chi connectivity index (χ3v) is 5.09. The summed E-state index contributed by atoms with van der Waals surface area (Å²) in [5.41, 5.74) is 6.89. The summed E-state index contributed by atoms with van der Waals surface area (Å²) in [6.07, 6.45) is 4.84. The van der Waals surface area contributed by atoms with Crippen molar-refractivity contribution in [3.05, 3.63) is 23.8 Å². The van der Waals surface area contributed by atoms with Crippen molar-refractivity contribution in [2.45, 2.75) is 52.5 Å². The van der Waals surface area contributed by atoms with Crippen LogP contribution in [0.1, 0.15) is 56.8 Å². The Bertz CT molecular complexity index is 556. The van der Waals surface area contributed by atoms with Crippen molar-refractivity contribution in [3.63, 3.8) is 0 Å². The van der Waals surface area contributed by atoms with Crippen LogP contribution >= 0.6 is 0 Å². The monoisotopic (exact) mass is 348 g/mol. The first kappa shape index (κ1) is 19.6. The van der Waals surface area contributed by atoms with Crippen LogP contribution in [0.5, 0.6) is 5.75 Å². The van der Waals surface area contributed by atoms with Crippen LogP contribution in [0.3, 0.4) is 0 Å². The van der Waals surface area contributed by atoms with Crippen LogP contribution < -0.4 is 10.5 Å². The van der Waals surface area contributed by atoms with E-state index in [1.54, 1.807) is 18.2 Å². The topological polar surface area (TPSA) is 64.8 Å². The van der Waals surface area contributed by atoms with Gasteiger partial charge in [0.15, 0.2) is 0 Å². The molecule has 2 N–H and O–H groups in total. The zero-order valence-corrected chi connectivity index (χ0v) is 15.8. The minimum atomic E-state index is -0.314. The number of ether oxygens (including phenoxy) is 2. The second kappa shape index (κ2) is 9.66. The number of hydrogen-bond donors (Lipinski definition) is 1. The number of carbonyl (C=O) groups excluding carboxylic acids is 1. The van der Waals surface area contributed by atoms with E-state index in [4.69, 9.17) is 15.2 Å². The van der Waals surface area contributed by atoms with Crippen LogP contribution in [-0.2, 0) is 4.74 Å². The fourth-order valence-electron chi connectivity index (χ4n) is 3.34. The molecule has 140 valence electrons. The number of anilines is 1. The fourth-order valence-corrected chi connectivity index (χ4v) is 3.34. The highest BCUT2D eigenvalue weighted by Gasteiger charge is 2.26. The van der Waals surface area contributed by atoms with E-state index in [1.807, 2.05) is 6.92 Å². The number of nitrogens with two attached hydrogens (primary N) is 1. The lowest BCUT2D eigenvalue weighted by Gasteiger charge is -2.37. The molecule has 1 saturated heterocycles. The molecule has 2 atom stereocenters. The number of rotatable bonds is 8. The molecule has 0 aliphatic carbocycles. The largest absolute Gasteiger partial charge is 0.492 e. The average Bonchev–Trinajstić information content (AvgIpc) is 2.64. The van der Waals surface area contributed by atoms with Gasteiger partial charge in [-0.15, -0.1) is 0 Å². The lowest BCUT2D eigenvalue weighted by atomic mass is 9.96. The second-order valence-electron chi connectivity index (χ2n) is 6.83. The minimum absolute atomic E-state index is 0.286. The lowest BCUT2D eigenvalue weighted by molar-refractivity contribution is 0.0210. The Morgan fingerprint density at radius 2 is 1.96 bits per heavy atom. The smallest absolute Gasteiger partial charge is 0.338 e. The van der Waals surface area contributed by atoms with Crippen molar-refractivity contribution in [2.75, 3.05) is 32.0 Å². The Balaban J connectivity index is 2.01. The van der Waals surface area contributed by atoms with E-state index in [9.17, 15) is 4.79 Å². The Morgan fingerprint density at radius 3 is 2.60 bits per heavy atom. The number of nitrogen functional groups attached to an aromatic ring is 1. The fraction of sp³-hybridized carbons (Fsp3) is 0.650. The number of piperidine rings is 1. The van der Waals surface area contributed by atoms with Gasteiger partial charge in [-0.1, -0.05) is 26.7 Å². The summed E-state index contributed by atoms with van der Waals surface area (Å²) in [7, 11) is 0. The molecular weight excluding hydrogens is 316 g/mol. The summed E-state index contributed by atoms with van der Waals surface area (Å²) >= 11 is 0. The van der Waals surface area contributed by atoms with Gasteiger partial charge in [0, 0.05) is 6.04 Å². The minimum Gasteiger partial charge on any atom is -0.492 e. The molecule has 1 aliphatic rings. The van der Waals surface area contributed by atoms with Gasteiger partial charge in [-0.25, -0.2) is 4.79 Å². The van der Waals surface area contributed by atoms with Gasteiger partial charge in [0.25, 0.3) is 0 Å². The van der Waals surface area contributed by atoms with Gasteiger partial charge in [-0.3, -0.25) is 4.90 Å². The van der Waals surface area contributed by atoms with Crippen molar-refractivity contribution < 1.29 is 14.3 Å². The van der Waals surface area contributed by atoms with Crippen molar-refractivity contribution >= 4 is 11.7 Å². The Labute approximate surface area is 151 Å². The molecule has 1 aliphatic heterocycles. The van der Waals surface area contributed by atoms with Gasteiger partial charge < -0.3 is 15.2 Å². The van der Waals surface area contributed by atoms with E-state index >= 15 is 0 Å². The predicted octanol–water partition coefficient (Wildman–Crippen LogP) is 3.72. The second-order valence-corrected chi connectivity index (χ2v) is 6.83. The summed E-state index contributed by atoms with van der Waals surface area (Å²) in [5.74, 6) is 0.717. The normalized spacial score (nSPS) is 17.7. The molecule has 5 heteroatoms. The van der Waals surface area contributed by atoms with Gasteiger partial charge >= 0.3 is 5.97 Å². The average molecular weight is 348 g/mol. The lowest BCUT2D eigenvalue weighted by Crippen LogP contribution is -2.46. The molecule has 25 heavy (non-hydrogen) atoms. The molecule has 0 spiro atoms. The quantitative estimate of drug-likeness (QED) is 0.573. The van der Waals surface area contributed by atoms with Crippen molar-refractivity contribution in [3.8, 4) is 5.75 Å². The van der Waals surface area contributed by atoms with Crippen LogP contribution in [0.4, 0.5) is 5.69 Å². The SMILES string of the molecule is CCOc1cc(C(=O)OCC(C(C)CC)N2CCCCC2)ccc1N. The van der Waals surface area contributed by atoms with Gasteiger partial charge in [0.2, 0.25) is 0 Å². The number of hydrogen-bond acceptors (Lipinski definition) is 5. The third kappa shape index (κ3) is 5.36. The van der Waals surface area contributed by atoms with E-state index in [0.29, 0.717) is 36.1 Å². The highest BCUT2D eigenvalue weighted by atomic mass is 16.5. The summed E-state index contributed by atoms with van der Waals surface area (Å²) in [5, 5.41) is 0. The van der Waals surface area contributed by atoms with Gasteiger partial charge in [0.05, 0.1) is 17.9 Å². The van der Waals surface area contributed by atoms with Gasteiger partial charge in [-0.05, 0) is 57.0 Å². The Kier molecular flexibility index (Phi) is 7.56. The molecular formula is C20H32N2O3. The molecule has 5 nitrogen and oxygen atoms in total. The van der Waals surface area contributed by atoms with Crippen molar-refractivity contribution in [1.29, 1.82) is 0 Å². The Hall–Kier alpha value is -1.75. The maximum Gasteiger partial charge on any atom is 0.338 e. The number of likely N-dealkylation sites (tertiary alicyclic amines) is 1. The van der Waals surface area contributed by atoms with Crippen LogP contribution in [0.25, 0.3) is 0 Å². The number of benzene rings is 1.